The van der Waals surface area contributed by atoms with Crippen molar-refractivity contribution in [1.82, 2.24) is 25.4 Å². The van der Waals surface area contributed by atoms with E-state index in [2.05, 4.69) is 10.6 Å². The van der Waals surface area contributed by atoms with E-state index in [1.165, 1.54) is 12.1 Å². The zero-order chi connectivity index (χ0) is 20.0. The minimum Gasteiger partial charge on any atom is -0.348 e. The van der Waals surface area contributed by atoms with Crippen LogP contribution >= 0.6 is 0 Å². The van der Waals surface area contributed by atoms with Gasteiger partial charge in [0.05, 0.1) is 22.7 Å². The molecule has 1 aliphatic heterocycles. The van der Waals surface area contributed by atoms with E-state index < -0.39 is 0 Å². The standard InChI is InChI=1S/C22H24FN5O/c1-28-21-19(20(27-28)17-3-2-10-24-17)16(11-18(26-21)14-6-7-14)22(29)25-12-13-4-8-15(23)9-5-13/h4-5,8-9,11,14,17,24H,2-3,6-7,10,12H2,1H3,(H,25,29). The van der Waals surface area contributed by atoms with Crippen LogP contribution in [0.5, 0.6) is 0 Å². The van der Waals surface area contributed by atoms with Gasteiger partial charge in [0, 0.05) is 25.2 Å². The Morgan fingerprint density at radius 2 is 2.07 bits per heavy atom. The third-order valence-electron chi connectivity index (χ3n) is 5.84. The number of hydrogen-bond acceptors (Lipinski definition) is 4. The number of halogens is 1. The molecule has 1 unspecified atom stereocenters. The number of rotatable bonds is 5. The van der Waals surface area contributed by atoms with E-state index in [-0.39, 0.29) is 17.8 Å². The van der Waals surface area contributed by atoms with Gasteiger partial charge in [-0.1, -0.05) is 12.1 Å². The Hall–Kier alpha value is -2.80. The first-order chi connectivity index (χ1) is 14.1. The van der Waals surface area contributed by atoms with Gasteiger partial charge in [0.15, 0.2) is 5.65 Å². The summed E-state index contributed by atoms with van der Waals surface area (Å²) < 4.78 is 14.9. The Kier molecular flexibility index (Phi) is 4.54. The Morgan fingerprint density at radius 1 is 1.28 bits per heavy atom. The Bertz CT molecular complexity index is 1060. The maximum Gasteiger partial charge on any atom is 0.252 e. The van der Waals surface area contributed by atoms with Crippen molar-refractivity contribution in [3.05, 3.63) is 58.7 Å². The van der Waals surface area contributed by atoms with Gasteiger partial charge in [-0.2, -0.15) is 5.10 Å². The number of fused-ring (bicyclic) bond motifs is 1. The molecule has 1 amide bonds. The highest BCUT2D eigenvalue weighted by molar-refractivity contribution is 6.06. The molecule has 1 aromatic carbocycles. The molecular weight excluding hydrogens is 369 g/mol. The summed E-state index contributed by atoms with van der Waals surface area (Å²) in [6.07, 6.45) is 4.34. The fourth-order valence-electron chi connectivity index (χ4n) is 4.11. The molecule has 3 heterocycles. The number of nitrogens with one attached hydrogen (secondary N) is 2. The van der Waals surface area contributed by atoms with Gasteiger partial charge in [-0.15, -0.1) is 0 Å². The molecule has 0 radical (unpaired) electrons. The fourth-order valence-corrected chi connectivity index (χ4v) is 4.11. The monoisotopic (exact) mass is 393 g/mol. The van der Waals surface area contributed by atoms with Crippen molar-refractivity contribution in [1.29, 1.82) is 0 Å². The van der Waals surface area contributed by atoms with Crippen molar-refractivity contribution in [2.45, 2.75) is 44.2 Å². The van der Waals surface area contributed by atoms with Crippen molar-refractivity contribution in [3.8, 4) is 0 Å². The molecule has 7 heteroatoms. The molecule has 2 fully saturated rings. The van der Waals surface area contributed by atoms with Crippen LogP contribution < -0.4 is 10.6 Å². The average molecular weight is 393 g/mol. The molecule has 1 atom stereocenters. The van der Waals surface area contributed by atoms with Crippen LogP contribution in [0.15, 0.2) is 30.3 Å². The number of amides is 1. The van der Waals surface area contributed by atoms with E-state index in [1.807, 2.05) is 13.1 Å². The topological polar surface area (TPSA) is 71.8 Å². The predicted molar refractivity (Wildman–Crippen MR) is 108 cm³/mol. The summed E-state index contributed by atoms with van der Waals surface area (Å²) in [5.74, 6) is 0.0101. The second kappa shape index (κ2) is 7.22. The lowest BCUT2D eigenvalue weighted by molar-refractivity contribution is 0.0952. The molecule has 0 spiro atoms. The summed E-state index contributed by atoms with van der Waals surface area (Å²) in [6.45, 7) is 1.31. The highest BCUT2D eigenvalue weighted by Gasteiger charge is 2.31. The maximum atomic E-state index is 13.2. The smallest absolute Gasteiger partial charge is 0.252 e. The normalized spacial score (nSPS) is 19.0. The zero-order valence-electron chi connectivity index (χ0n) is 16.4. The highest BCUT2D eigenvalue weighted by atomic mass is 19.1. The number of carbonyl (C=O) groups excluding carboxylic acids is 1. The van der Waals surface area contributed by atoms with Crippen molar-refractivity contribution in [3.63, 3.8) is 0 Å². The lowest BCUT2D eigenvalue weighted by atomic mass is 10.0. The lowest BCUT2D eigenvalue weighted by Gasteiger charge is -2.12. The maximum absolute atomic E-state index is 13.2. The van der Waals surface area contributed by atoms with Gasteiger partial charge < -0.3 is 10.6 Å². The first-order valence-electron chi connectivity index (χ1n) is 10.2. The largest absolute Gasteiger partial charge is 0.348 e. The van der Waals surface area contributed by atoms with Gasteiger partial charge in [-0.05, 0) is 56.0 Å². The van der Waals surface area contributed by atoms with Crippen molar-refractivity contribution < 1.29 is 9.18 Å². The van der Waals surface area contributed by atoms with Gasteiger partial charge in [-0.3, -0.25) is 9.48 Å². The summed E-state index contributed by atoms with van der Waals surface area (Å²) in [5, 5.41) is 12.1. The molecule has 1 saturated carbocycles. The van der Waals surface area contributed by atoms with Gasteiger partial charge in [0.25, 0.3) is 5.91 Å². The van der Waals surface area contributed by atoms with Crippen LogP contribution in [-0.4, -0.2) is 27.2 Å². The van der Waals surface area contributed by atoms with Crippen molar-refractivity contribution >= 4 is 16.9 Å². The summed E-state index contributed by atoms with van der Waals surface area (Å²) >= 11 is 0. The van der Waals surface area contributed by atoms with Crippen LogP contribution in [0.1, 0.15) is 65.0 Å². The van der Waals surface area contributed by atoms with Crippen LogP contribution in [0.4, 0.5) is 4.39 Å². The molecule has 3 aromatic rings. The average Bonchev–Trinajstić information content (AvgIpc) is 3.34. The van der Waals surface area contributed by atoms with E-state index in [9.17, 15) is 9.18 Å². The van der Waals surface area contributed by atoms with E-state index in [0.717, 1.165) is 60.2 Å². The summed E-state index contributed by atoms with van der Waals surface area (Å²) in [6, 6.07) is 8.28. The summed E-state index contributed by atoms with van der Waals surface area (Å²) in [7, 11) is 1.89. The molecule has 0 bridgehead atoms. The molecule has 150 valence electrons. The number of pyridine rings is 1. The number of aromatic nitrogens is 3. The van der Waals surface area contributed by atoms with E-state index >= 15 is 0 Å². The second-order valence-electron chi connectivity index (χ2n) is 8.03. The molecule has 2 N–H and O–H groups in total. The SMILES string of the molecule is Cn1nc(C2CCCN2)c2c(C(=O)NCc3ccc(F)cc3)cc(C3CC3)nc21. The van der Waals surface area contributed by atoms with Crippen LogP contribution in [0.25, 0.3) is 11.0 Å². The number of nitrogens with zero attached hydrogens (tertiary/aromatic N) is 3. The van der Waals surface area contributed by atoms with E-state index in [1.54, 1.807) is 16.8 Å². The number of hydrogen-bond donors (Lipinski definition) is 2. The number of benzene rings is 1. The minimum atomic E-state index is -0.283. The quantitative estimate of drug-likeness (QED) is 0.697. The van der Waals surface area contributed by atoms with Crippen LogP contribution in [-0.2, 0) is 13.6 Å². The minimum absolute atomic E-state index is 0.143. The third kappa shape index (κ3) is 3.51. The first-order valence-corrected chi connectivity index (χ1v) is 10.2. The first kappa shape index (κ1) is 18.2. The lowest BCUT2D eigenvalue weighted by Crippen LogP contribution is -2.24. The Balaban J connectivity index is 1.53. The summed E-state index contributed by atoms with van der Waals surface area (Å²) in [4.78, 5) is 18.1. The van der Waals surface area contributed by atoms with Crippen LogP contribution in [0, 0.1) is 5.82 Å². The molecule has 2 aliphatic rings. The number of carbonyl (C=O) groups is 1. The van der Waals surface area contributed by atoms with Crippen LogP contribution in [0.2, 0.25) is 0 Å². The van der Waals surface area contributed by atoms with E-state index in [4.69, 9.17) is 10.1 Å². The van der Waals surface area contributed by atoms with Gasteiger partial charge in [0.1, 0.15) is 5.82 Å². The molecule has 5 rings (SSSR count). The van der Waals surface area contributed by atoms with E-state index in [0.29, 0.717) is 18.0 Å². The predicted octanol–water partition coefficient (Wildman–Crippen LogP) is 3.34. The third-order valence-corrected chi connectivity index (χ3v) is 5.84. The van der Waals surface area contributed by atoms with Gasteiger partial charge in [0.2, 0.25) is 0 Å². The Labute approximate surface area is 168 Å². The Morgan fingerprint density at radius 3 is 2.76 bits per heavy atom. The highest BCUT2D eigenvalue weighted by Crippen LogP contribution is 2.41. The summed E-state index contributed by atoms with van der Waals surface area (Å²) in [5.41, 5.74) is 4.14. The van der Waals surface area contributed by atoms with Crippen molar-refractivity contribution in [2.24, 2.45) is 7.05 Å². The molecule has 1 aliphatic carbocycles. The second-order valence-corrected chi connectivity index (χ2v) is 8.03. The van der Waals surface area contributed by atoms with Crippen molar-refractivity contribution in [2.75, 3.05) is 6.54 Å². The van der Waals surface area contributed by atoms with Gasteiger partial charge in [-0.25, -0.2) is 9.37 Å². The molecule has 1 saturated heterocycles. The van der Waals surface area contributed by atoms with Gasteiger partial charge >= 0.3 is 0 Å². The fraction of sp³-hybridized carbons (Fsp3) is 0.409. The number of aryl methyl sites for hydroxylation is 1. The molecule has 29 heavy (non-hydrogen) atoms. The zero-order valence-corrected chi connectivity index (χ0v) is 16.4. The molecule has 2 aromatic heterocycles. The molecular formula is C22H24FN5O. The van der Waals surface area contributed by atoms with Crippen LogP contribution in [0.3, 0.4) is 0 Å². The molecule has 6 nitrogen and oxygen atoms in total.